The summed E-state index contributed by atoms with van der Waals surface area (Å²) in [5.41, 5.74) is 5.35. The van der Waals surface area contributed by atoms with Gasteiger partial charge in [0.15, 0.2) is 16.1 Å². The number of nitrogens with one attached hydrogen (secondary N) is 1. The van der Waals surface area contributed by atoms with Crippen molar-refractivity contribution >= 4 is 40.9 Å². The van der Waals surface area contributed by atoms with Crippen molar-refractivity contribution < 1.29 is 28.6 Å². The lowest BCUT2D eigenvalue weighted by atomic mass is 9.76. The molecule has 1 rings (SSSR count). The zero-order chi connectivity index (χ0) is 19.3. The van der Waals surface area contributed by atoms with E-state index in [4.69, 9.17) is 15.2 Å². The molecule has 1 heterocycles. The minimum absolute atomic E-state index is 0.0248. The monoisotopic (exact) mass is 373 g/mol. The molecule has 2 atom stereocenters. The Morgan fingerprint density at radius 3 is 2.64 bits per heavy atom. The molecule has 0 aromatic carbocycles. The molecule has 2 unspecified atom stereocenters. The van der Waals surface area contributed by atoms with Gasteiger partial charge < -0.3 is 19.9 Å². The van der Waals surface area contributed by atoms with Gasteiger partial charge in [-0.25, -0.2) is 0 Å². The van der Waals surface area contributed by atoms with Gasteiger partial charge in [0.1, 0.15) is 0 Å². The third-order valence-electron chi connectivity index (χ3n) is 4.10. The van der Waals surface area contributed by atoms with Gasteiger partial charge in [0.25, 0.3) is 0 Å². The standard InChI is InChI=1S/C15H23N3O6S/c1-5-23-11(20)15(7-6-10(19)22-4)8-14(3,24-12(15)21)9(2)17-18-13(16)25/h5-8H2,1-4H3,(H3,16,18,25)/b17-9+. The fourth-order valence-electron chi connectivity index (χ4n) is 2.58. The van der Waals surface area contributed by atoms with Crippen molar-refractivity contribution in [2.24, 2.45) is 16.3 Å². The molecule has 0 saturated carbocycles. The average Bonchev–Trinajstić information content (AvgIpc) is 2.83. The number of ether oxygens (including phenoxy) is 3. The molecular formula is C15H23N3O6S. The summed E-state index contributed by atoms with van der Waals surface area (Å²) >= 11 is 4.68. The summed E-state index contributed by atoms with van der Waals surface area (Å²) in [5.74, 6) is -2.03. The predicted molar refractivity (Wildman–Crippen MR) is 92.5 cm³/mol. The van der Waals surface area contributed by atoms with Crippen molar-refractivity contribution in [3.8, 4) is 0 Å². The van der Waals surface area contributed by atoms with Crippen molar-refractivity contribution in [2.75, 3.05) is 13.7 Å². The number of rotatable bonds is 7. The number of hydrogen-bond acceptors (Lipinski definition) is 8. The largest absolute Gasteiger partial charge is 0.469 e. The van der Waals surface area contributed by atoms with Crippen LogP contribution >= 0.6 is 12.2 Å². The average molecular weight is 373 g/mol. The number of thiocarbonyl (C=S) groups is 1. The first kappa shape index (κ1) is 20.8. The van der Waals surface area contributed by atoms with E-state index in [1.165, 1.54) is 7.11 Å². The van der Waals surface area contributed by atoms with Crippen molar-refractivity contribution in [3.05, 3.63) is 0 Å². The maximum absolute atomic E-state index is 12.6. The van der Waals surface area contributed by atoms with Gasteiger partial charge in [-0.3, -0.25) is 19.8 Å². The van der Waals surface area contributed by atoms with E-state index in [0.29, 0.717) is 5.71 Å². The molecule has 25 heavy (non-hydrogen) atoms. The van der Waals surface area contributed by atoms with Gasteiger partial charge in [0, 0.05) is 12.8 Å². The zero-order valence-electron chi connectivity index (χ0n) is 14.7. The van der Waals surface area contributed by atoms with Gasteiger partial charge in [-0.1, -0.05) is 0 Å². The van der Waals surface area contributed by atoms with Gasteiger partial charge in [-0.2, -0.15) is 5.10 Å². The lowest BCUT2D eigenvalue weighted by molar-refractivity contribution is -0.166. The number of nitrogens with two attached hydrogens (primary N) is 1. The molecule has 0 spiro atoms. The number of methoxy groups -OCH3 is 1. The van der Waals surface area contributed by atoms with Gasteiger partial charge in [-0.05, 0) is 39.4 Å². The molecule has 0 aromatic heterocycles. The van der Waals surface area contributed by atoms with Crippen LogP contribution in [-0.2, 0) is 28.6 Å². The van der Waals surface area contributed by atoms with Crippen LogP contribution in [0.2, 0.25) is 0 Å². The number of cyclic esters (lactones) is 1. The Balaban J connectivity index is 3.14. The maximum atomic E-state index is 12.6. The number of nitrogens with zero attached hydrogens (tertiary/aromatic N) is 1. The number of carbonyl (C=O) groups is 3. The fraction of sp³-hybridized carbons (Fsp3) is 0.667. The molecule has 0 aromatic rings. The fourth-order valence-corrected chi connectivity index (χ4v) is 2.63. The van der Waals surface area contributed by atoms with Gasteiger partial charge in [-0.15, -0.1) is 0 Å². The number of hydrogen-bond donors (Lipinski definition) is 2. The molecule has 0 radical (unpaired) electrons. The van der Waals surface area contributed by atoms with E-state index in [2.05, 4.69) is 27.5 Å². The van der Waals surface area contributed by atoms with E-state index >= 15 is 0 Å². The summed E-state index contributed by atoms with van der Waals surface area (Å²) in [6, 6.07) is 0. The van der Waals surface area contributed by atoms with Crippen LogP contribution < -0.4 is 11.2 Å². The van der Waals surface area contributed by atoms with Crippen LogP contribution in [0.1, 0.15) is 40.0 Å². The summed E-state index contributed by atoms with van der Waals surface area (Å²) in [7, 11) is 1.23. The van der Waals surface area contributed by atoms with E-state index in [9.17, 15) is 14.4 Å². The third kappa shape index (κ3) is 4.65. The quantitative estimate of drug-likeness (QED) is 0.163. The van der Waals surface area contributed by atoms with Crippen molar-refractivity contribution in [1.82, 2.24) is 5.43 Å². The molecule has 1 fully saturated rings. The van der Waals surface area contributed by atoms with Crippen LogP contribution in [0.25, 0.3) is 0 Å². The normalized spacial score (nSPS) is 25.9. The van der Waals surface area contributed by atoms with Crippen LogP contribution in [0.4, 0.5) is 0 Å². The van der Waals surface area contributed by atoms with Crippen LogP contribution in [0.3, 0.4) is 0 Å². The number of esters is 3. The first-order valence-corrected chi connectivity index (χ1v) is 8.10. The van der Waals surface area contributed by atoms with Gasteiger partial charge in [0.2, 0.25) is 0 Å². The second-order valence-electron chi connectivity index (χ2n) is 5.85. The van der Waals surface area contributed by atoms with Crippen LogP contribution in [-0.4, -0.2) is 48.0 Å². The highest BCUT2D eigenvalue weighted by Crippen LogP contribution is 2.45. The van der Waals surface area contributed by atoms with Gasteiger partial charge >= 0.3 is 17.9 Å². The molecule has 10 heteroatoms. The Labute approximate surface area is 151 Å². The highest BCUT2D eigenvalue weighted by molar-refractivity contribution is 7.80. The summed E-state index contributed by atoms with van der Waals surface area (Å²) in [4.78, 5) is 36.5. The van der Waals surface area contributed by atoms with E-state index < -0.39 is 28.9 Å². The molecule has 3 N–H and O–H groups in total. The van der Waals surface area contributed by atoms with E-state index in [1.54, 1.807) is 20.8 Å². The summed E-state index contributed by atoms with van der Waals surface area (Å²) in [6.45, 7) is 4.95. The summed E-state index contributed by atoms with van der Waals surface area (Å²) in [6.07, 6.45) is -0.228. The molecule has 0 amide bonds. The second kappa shape index (κ2) is 8.24. The lowest BCUT2D eigenvalue weighted by Gasteiger charge is -2.25. The zero-order valence-corrected chi connectivity index (χ0v) is 15.5. The van der Waals surface area contributed by atoms with Gasteiger partial charge in [0.05, 0.1) is 19.4 Å². The topological polar surface area (TPSA) is 129 Å². The van der Waals surface area contributed by atoms with E-state index in [-0.39, 0.29) is 31.0 Å². The maximum Gasteiger partial charge on any atom is 0.324 e. The summed E-state index contributed by atoms with van der Waals surface area (Å²) in [5, 5.41) is 3.93. The van der Waals surface area contributed by atoms with Crippen molar-refractivity contribution in [1.29, 1.82) is 0 Å². The lowest BCUT2D eigenvalue weighted by Crippen LogP contribution is -2.40. The Bertz CT molecular complexity index is 608. The minimum atomic E-state index is -1.60. The van der Waals surface area contributed by atoms with Crippen LogP contribution in [0, 0.1) is 5.41 Å². The molecule has 9 nitrogen and oxygen atoms in total. The van der Waals surface area contributed by atoms with E-state index in [1.807, 2.05) is 0 Å². The van der Waals surface area contributed by atoms with Crippen LogP contribution in [0.15, 0.2) is 5.10 Å². The Morgan fingerprint density at radius 1 is 1.48 bits per heavy atom. The number of hydrazone groups is 1. The highest BCUT2D eigenvalue weighted by atomic mass is 32.1. The predicted octanol–water partition coefficient (Wildman–Crippen LogP) is 0.404. The molecule has 1 saturated heterocycles. The highest BCUT2D eigenvalue weighted by Gasteiger charge is 2.61. The molecular weight excluding hydrogens is 350 g/mol. The van der Waals surface area contributed by atoms with Crippen molar-refractivity contribution in [3.63, 3.8) is 0 Å². The molecule has 0 aliphatic carbocycles. The smallest absolute Gasteiger partial charge is 0.324 e. The summed E-state index contributed by atoms with van der Waals surface area (Å²) < 4.78 is 15.1. The second-order valence-corrected chi connectivity index (χ2v) is 6.29. The Kier molecular flexibility index (Phi) is 6.86. The Hall–Kier alpha value is -2.23. The SMILES string of the molecule is CCOC(=O)C1(CCC(=O)OC)CC(C)(/C(C)=N/NC(N)=S)OC1=O. The minimum Gasteiger partial charge on any atom is -0.469 e. The third-order valence-corrected chi connectivity index (χ3v) is 4.19. The Morgan fingerprint density at radius 2 is 2.12 bits per heavy atom. The first-order chi connectivity index (χ1) is 11.6. The van der Waals surface area contributed by atoms with Crippen LogP contribution in [0.5, 0.6) is 0 Å². The first-order valence-electron chi connectivity index (χ1n) is 7.69. The molecule has 140 valence electrons. The number of carbonyl (C=O) groups excluding carboxylic acids is 3. The molecule has 1 aliphatic rings. The molecule has 1 aliphatic heterocycles. The van der Waals surface area contributed by atoms with Crippen molar-refractivity contribution in [2.45, 2.75) is 45.6 Å². The molecule has 0 bridgehead atoms. The van der Waals surface area contributed by atoms with E-state index in [0.717, 1.165) is 0 Å².